The van der Waals surface area contributed by atoms with Gasteiger partial charge in [-0.05, 0) is 41.5 Å². The molecule has 0 N–H and O–H groups in total. The SMILES string of the molecule is CCCCCCCN(c1ccccc1)c1ccc2ccccc2c1. The molecule has 0 unspecified atom stereocenters. The number of nitrogens with zero attached hydrogens (tertiary/aromatic N) is 1. The van der Waals surface area contributed by atoms with Gasteiger partial charge in [0.2, 0.25) is 0 Å². The zero-order valence-corrected chi connectivity index (χ0v) is 14.6. The van der Waals surface area contributed by atoms with Crippen LogP contribution in [0.5, 0.6) is 0 Å². The maximum Gasteiger partial charge on any atom is 0.0417 e. The molecular formula is C23H27N. The zero-order valence-electron chi connectivity index (χ0n) is 14.6. The highest BCUT2D eigenvalue weighted by Gasteiger charge is 2.09. The normalized spacial score (nSPS) is 10.9. The first-order valence-corrected chi connectivity index (χ1v) is 9.20. The molecule has 0 spiro atoms. The van der Waals surface area contributed by atoms with Gasteiger partial charge in [-0.1, -0.05) is 81.1 Å². The van der Waals surface area contributed by atoms with Crippen LogP contribution < -0.4 is 4.90 Å². The number of unbranched alkanes of at least 4 members (excludes halogenated alkanes) is 4. The lowest BCUT2D eigenvalue weighted by Gasteiger charge is -2.25. The Balaban J connectivity index is 1.82. The Kier molecular flexibility index (Phi) is 5.90. The lowest BCUT2D eigenvalue weighted by atomic mass is 10.1. The molecule has 3 aromatic carbocycles. The molecule has 0 fully saturated rings. The summed E-state index contributed by atoms with van der Waals surface area (Å²) in [5.41, 5.74) is 2.57. The topological polar surface area (TPSA) is 3.24 Å². The Morgan fingerprint density at radius 2 is 1.33 bits per heavy atom. The number of hydrogen-bond acceptors (Lipinski definition) is 1. The van der Waals surface area contributed by atoms with Gasteiger partial charge in [-0.25, -0.2) is 0 Å². The van der Waals surface area contributed by atoms with Crippen LogP contribution >= 0.6 is 0 Å². The standard InChI is InChI=1S/C23H27N/c1-2-3-4-5-11-18-24(22-14-7-6-8-15-22)23-17-16-20-12-9-10-13-21(20)19-23/h6-10,12-17,19H,2-5,11,18H2,1H3. The second kappa shape index (κ2) is 8.54. The molecule has 0 bridgehead atoms. The van der Waals surface area contributed by atoms with E-state index in [4.69, 9.17) is 0 Å². The first-order chi connectivity index (χ1) is 11.9. The summed E-state index contributed by atoms with van der Waals surface area (Å²) in [5, 5.41) is 2.61. The fourth-order valence-corrected chi connectivity index (χ4v) is 3.23. The number of fused-ring (bicyclic) bond motifs is 1. The van der Waals surface area contributed by atoms with Crippen LogP contribution in [0.1, 0.15) is 39.0 Å². The predicted molar refractivity (Wildman–Crippen MR) is 106 cm³/mol. The van der Waals surface area contributed by atoms with E-state index >= 15 is 0 Å². The van der Waals surface area contributed by atoms with Gasteiger partial charge in [0.05, 0.1) is 0 Å². The Labute approximate surface area is 145 Å². The van der Waals surface area contributed by atoms with Crippen LogP contribution in [0.3, 0.4) is 0 Å². The Bertz CT molecular complexity index is 748. The third-order valence-corrected chi connectivity index (χ3v) is 4.60. The van der Waals surface area contributed by atoms with Crippen molar-refractivity contribution in [2.75, 3.05) is 11.4 Å². The first kappa shape index (κ1) is 16.6. The summed E-state index contributed by atoms with van der Waals surface area (Å²) < 4.78 is 0. The highest BCUT2D eigenvalue weighted by atomic mass is 15.1. The molecule has 0 radical (unpaired) electrons. The fraction of sp³-hybridized carbons (Fsp3) is 0.304. The molecule has 0 aliphatic rings. The molecular weight excluding hydrogens is 290 g/mol. The maximum absolute atomic E-state index is 2.46. The van der Waals surface area contributed by atoms with Crippen molar-refractivity contribution in [3.63, 3.8) is 0 Å². The molecule has 24 heavy (non-hydrogen) atoms. The summed E-state index contributed by atoms with van der Waals surface area (Å²) >= 11 is 0. The van der Waals surface area contributed by atoms with E-state index in [1.807, 2.05) is 0 Å². The first-order valence-electron chi connectivity index (χ1n) is 9.20. The van der Waals surface area contributed by atoms with Crippen molar-refractivity contribution in [3.05, 3.63) is 72.8 Å². The monoisotopic (exact) mass is 317 g/mol. The predicted octanol–water partition coefficient (Wildman–Crippen LogP) is 6.95. The van der Waals surface area contributed by atoms with E-state index in [9.17, 15) is 0 Å². The van der Waals surface area contributed by atoms with Gasteiger partial charge in [-0.3, -0.25) is 0 Å². The Hall–Kier alpha value is -2.28. The van der Waals surface area contributed by atoms with Gasteiger partial charge >= 0.3 is 0 Å². The third-order valence-electron chi connectivity index (χ3n) is 4.60. The quantitative estimate of drug-likeness (QED) is 0.406. The summed E-state index contributed by atoms with van der Waals surface area (Å²) in [7, 11) is 0. The largest absolute Gasteiger partial charge is 0.341 e. The summed E-state index contributed by atoms with van der Waals surface area (Å²) in [5.74, 6) is 0. The average Bonchev–Trinajstić information content (AvgIpc) is 2.65. The Morgan fingerprint density at radius 3 is 2.12 bits per heavy atom. The third kappa shape index (κ3) is 4.17. The van der Waals surface area contributed by atoms with Crippen molar-refractivity contribution >= 4 is 22.1 Å². The molecule has 0 saturated heterocycles. The van der Waals surface area contributed by atoms with Crippen molar-refractivity contribution in [2.45, 2.75) is 39.0 Å². The van der Waals surface area contributed by atoms with Gasteiger partial charge in [-0.2, -0.15) is 0 Å². The van der Waals surface area contributed by atoms with E-state index in [0.717, 1.165) is 6.54 Å². The van der Waals surface area contributed by atoms with E-state index in [0.29, 0.717) is 0 Å². The highest BCUT2D eigenvalue weighted by Crippen LogP contribution is 2.29. The highest BCUT2D eigenvalue weighted by molar-refractivity contribution is 5.86. The van der Waals surface area contributed by atoms with Crippen LogP contribution in [0, 0.1) is 0 Å². The molecule has 3 rings (SSSR count). The molecule has 1 nitrogen and oxygen atoms in total. The van der Waals surface area contributed by atoms with E-state index in [-0.39, 0.29) is 0 Å². The van der Waals surface area contributed by atoms with Crippen molar-refractivity contribution in [3.8, 4) is 0 Å². The molecule has 0 aliphatic carbocycles. The molecule has 0 aromatic heterocycles. The molecule has 3 aromatic rings. The Morgan fingerprint density at radius 1 is 0.625 bits per heavy atom. The minimum absolute atomic E-state index is 1.08. The van der Waals surface area contributed by atoms with Gasteiger partial charge in [0.15, 0.2) is 0 Å². The van der Waals surface area contributed by atoms with Gasteiger partial charge in [-0.15, -0.1) is 0 Å². The lowest BCUT2D eigenvalue weighted by Crippen LogP contribution is -2.18. The van der Waals surface area contributed by atoms with Crippen molar-refractivity contribution in [1.82, 2.24) is 0 Å². The summed E-state index contributed by atoms with van der Waals surface area (Å²) in [6, 6.07) is 26.1. The molecule has 124 valence electrons. The van der Waals surface area contributed by atoms with Gasteiger partial charge in [0.25, 0.3) is 0 Å². The number of rotatable bonds is 8. The lowest BCUT2D eigenvalue weighted by molar-refractivity contribution is 0.634. The minimum Gasteiger partial charge on any atom is -0.341 e. The maximum atomic E-state index is 2.46. The van der Waals surface area contributed by atoms with Gasteiger partial charge < -0.3 is 4.90 Å². The van der Waals surface area contributed by atoms with Crippen LogP contribution in [0.4, 0.5) is 11.4 Å². The minimum atomic E-state index is 1.08. The van der Waals surface area contributed by atoms with Crippen molar-refractivity contribution in [2.24, 2.45) is 0 Å². The number of para-hydroxylation sites is 1. The van der Waals surface area contributed by atoms with Crippen molar-refractivity contribution < 1.29 is 0 Å². The summed E-state index contributed by atoms with van der Waals surface area (Å²) in [6.45, 7) is 3.34. The molecule has 0 amide bonds. The smallest absolute Gasteiger partial charge is 0.0417 e. The average molecular weight is 317 g/mol. The van der Waals surface area contributed by atoms with Crippen LogP contribution in [0.15, 0.2) is 72.8 Å². The number of benzene rings is 3. The fourth-order valence-electron chi connectivity index (χ4n) is 3.23. The van der Waals surface area contributed by atoms with E-state index < -0.39 is 0 Å². The molecule has 0 heterocycles. The summed E-state index contributed by atoms with van der Waals surface area (Å²) in [4.78, 5) is 2.46. The second-order valence-corrected chi connectivity index (χ2v) is 6.43. The number of hydrogen-bond donors (Lipinski definition) is 0. The van der Waals surface area contributed by atoms with Gasteiger partial charge in [0.1, 0.15) is 0 Å². The van der Waals surface area contributed by atoms with Crippen LogP contribution in [0.2, 0.25) is 0 Å². The van der Waals surface area contributed by atoms with Crippen LogP contribution in [0.25, 0.3) is 10.8 Å². The molecule has 0 atom stereocenters. The van der Waals surface area contributed by atoms with Crippen LogP contribution in [-0.4, -0.2) is 6.54 Å². The van der Waals surface area contributed by atoms with Crippen molar-refractivity contribution in [1.29, 1.82) is 0 Å². The molecule has 0 aliphatic heterocycles. The van der Waals surface area contributed by atoms with Gasteiger partial charge in [0, 0.05) is 17.9 Å². The van der Waals surface area contributed by atoms with E-state index in [1.165, 1.54) is 54.3 Å². The van der Waals surface area contributed by atoms with Crippen LogP contribution in [-0.2, 0) is 0 Å². The molecule has 0 saturated carbocycles. The molecule has 1 heteroatoms. The van der Waals surface area contributed by atoms with E-state index in [2.05, 4.69) is 84.6 Å². The second-order valence-electron chi connectivity index (χ2n) is 6.43. The number of anilines is 2. The zero-order chi connectivity index (χ0) is 16.6. The van der Waals surface area contributed by atoms with E-state index in [1.54, 1.807) is 0 Å². The summed E-state index contributed by atoms with van der Waals surface area (Å²) in [6.07, 6.45) is 6.54.